The van der Waals surface area contributed by atoms with Crippen LogP contribution in [0.4, 0.5) is 0 Å². The van der Waals surface area contributed by atoms with Crippen molar-refractivity contribution < 1.29 is 4.74 Å². The number of hydrogen-bond acceptors (Lipinski definition) is 2. The van der Waals surface area contributed by atoms with Crippen LogP contribution in [0, 0.1) is 6.92 Å². The van der Waals surface area contributed by atoms with Gasteiger partial charge in [0.15, 0.2) is 0 Å². The van der Waals surface area contributed by atoms with Gasteiger partial charge in [0.25, 0.3) is 0 Å². The summed E-state index contributed by atoms with van der Waals surface area (Å²) >= 11 is 0. The molecule has 0 aromatic heterocycles. The van der Waals surface area contributed by atoms with Crippen LogP contribution in [-0.4, -0.2) is 19.8 Å². The van der Waals surface area contributed by atoms with E-state index in [1.165, 1.54) is 11.1 Å². The Morgan fingerprint density at radius 1 is 1.21 bits per heavy atom. The number of benzene rings is 1. The monoisotopic (exact) mass is 215 g/mol. The molecular formula is C11H18ClNO. The summed E-state index contributed by atoms with van der Waals surface area (Å²) in [4.78, 5) is 0. The summed E-state index contributed by atoms with van der Waals surface area (Å²) in [5, 5.41) is 0. The molecule has 0 aliphatic rings. The number of nitrogens with two attached hydrogens (primary N) is 1. The van der Waals surface area contributed by atoms with Crippen LogP contribution >= 0.6 is 12.4 Å². The number of hydrogen-bond donors (Lipinski definition) is 1. The van der Waals surface area contributed by atoms with Crippen molar-refractivity contribution in [2.24, 2.45) is 5.73 Å². The standard InChI is InChI=1S/C11H17NO.ClH/c1-10-4-2-3-5-11(10)6-8-13-9-7-12;/h2-5H,6-9,12H2,1H3;1H. The maximum Gasteiger partial charge on any atom is 0.0588 e. The minimum atomic E-state index is 0. The second kappa shape index (κ2) is 7.80. The average Bonchev–Trinajstić information content (AvgIpc) is 2.15. The van der Waals surface area contributed by atoms with Crippen LogP contribution < -0.4 is 5.73 Å². The zero-order valence-electron chi connectivity index (χ0n) is 8.53. The summed E-state index contributed by atoms with van der Waals surface area (Å²) in [6, 6.07) is 8.38. The highest BCUT2D eigenvalue weighted by Crippen LogP contribution is 2.07. The molecule has 0 aliphatic heterocycles. The Hall–Kier alpha value is -0.570. The van der Waals surface area contributed by atoms with E-state index in [2.05, 4.69) is 31.2 Å². The van der Waals surface area contributed by atoms with Gasteiger partial charge in [-0.05, 0) is 24.5 Å². The van der Waals surface area contributed by atoms with Crippen molar-refractivity contribution in [1.29, 1.82) is 0 Å². The lowest BCUT2D eigenvalue weighted by Gasteiger charge is -2.05. The average molecular weight is 216 g/mol. The first-order chi connectivity index (χ1) is 6.34. The summed E-state index contributed by atoms with van der Waals surface area (Å²) in [7, 11) is 0. The summed E-state index contributed by atoms with van der Waals surface area (Å²) in [6.45, 7) is 4.15. The Balaban J connectivity index is 0.00000169. The molecule has 0 heterocycles. The van der Waals surface area contributed by atoms with Crippen molar-refractivity contribution in [3.05, 3.63) is 35.4 Å². The molecule has 1 rings (SSSR count). The van der Waals surface area contributed by atoms with Crippen LogP contribution in [0.15, 0.2) is 24.3 Å². The van der Waals surface area contributed by atoms with E-state index in [9.17, 15) is 0 Å². The molecular weight excluding hydrogens is 198 g/mol. The zero-order chi connectivity index (χ0) is 9.52. The molecule has 14 heavy (non-hydrogen) atoms. The molecule has 80 valence electrons. The second-order valence-corrected chi connectivity index (χ2v) is 3.08. The van der Waals surface area contributed by atoms with Crippen molar-refractivity contribution in [1.82, 2.24) is 0 Å². The van der Waals surface area contributed by atoms with E-state index in [1.54, 1.807) is 0 Å². The van der Waals surface area contributed by atoms with Gasteiger partial charge in [-0.2, -0.15) is 0 Å². The van der Waals surface area contributed by atoms with E-state index in [0.29, 0.717) is 13.2 Å². The van der Waals surface area contributed by atoms with Crippen LogP contribution in [0.5, 0.6) is 0 Å². The largest absolute Gasteiger partial charge is 0.380 e. The van der Waals surface area contributed by atoms with Crippen molar-refractivity contribution in [3.8, 4) is 0 Å². The van der Waals surface area contributed by atoms with Gasteiger partial charge in [-0.15, -0.1) is 12.4 Å². The Kier molecular flexibility index (Phi) is 7.48. The lowest BCUT2D eigenvalue weighted by molar-refractivity contribution is 0.144. The fraction of sp³-hybridized carbons (Fsp3) is 0.455. The first kappa shape index (κ1) is 13.4. The molecule has 0 radical (unpaired) electrons. The molecule has 2 N–H and O–H groups in total. The maximum atomic E-state index is 5.32. The maximum absolute atomic E-state index is 5.32. The summed E-state index contributed by atoms with van der Waals surface area (Å²) in [5.74, 6) is 0. The predicted molar refractivity (Wildman–Crippen MR) is 62.0 cm³/mol. The van der Waals surface area contributed by atoms with E-state index in [0.717, 1.165) is 13.0 Å². The predicted octanol–water partition coefficient (Wildman–Crippen LogP) is 1.93. The summed E-state index contributed by atoms with van der Waals surface area (Å²) in [5.41, 5.74) is 8.01. The topological polar surface area (TPSA) is 35.2 Å². The smallest absolute Gasteiger partial charge is 0.0588 e. The number of rotatable bonds is 5. The molecule has 0 spiro atoms. The van der Waals surface area contributed by atoms with Crippen molar-refractivity contribution in [3.63, 3.8) is 0 Å². The molecule has 2 nitrogen and oxygen atoms in total. The molecule has 0 fully saturated rings. The minimum Gasteiger partial charge on any atom is -0.380 e. The number of ether oxygens (including phenoxy) is 1. The van der Waals surface area contributed by atoms with E-state index in [-0.39, 0.29) is 12.4 Å². The van der Waals surface area contributed by atoms with Gasteiger partial charge in [0.05, 0.1) is 13.2 Å². The van der Waals surface area contributed by atoms with Crippen LogP contribution in [-0.2, 0) is 11.2 Å². The third-order valence-electron chi connectivity index (χ3n) is 2.04. The highest BCUT2D eigenvalue weighted by molar-refractivity contribution is 5.85. The van der Waals surface area contributed by atoms with E-state index in [1.807, 2.05) is 0 Å². The van der Waals surface area contributed by atoms with E-state index < -0.39 is 0 Å². The van der Waals surface area contributed by atoms with Crippen LogP contribution in [0.25, 0.3) is 0 Å². The van der Waals surface area contributed by atoms with E-state index in [4.69, 9.17) is 10.5 Å². The zero-order valence-corrected chi connectivity index (χ0v) is 9.35. The second-order valence-electron chi connectivity index (χ2n) is 3.08. The van der Waals surface area contributed by atoms with Gasteiger partial charge in [-0.1, -0.05) is 24.3 Å². The highest BCUT2D eigenvalue weighted by atomic mass is 35.5. The van der Waals surface area contributed by atoms with Gasteiger partial charge in [-0.25, -0.2) is 0 Å². The summed E-state index contributed by atoms with van der Waals surface area (Å²) in [6.07, 6.45) is 0.979. The van der Waals surface area contributed by atoms with Crippen molar-refractivity contribution in [2.75, 3.05) is 19.8 Å². The highest BCUT2D eigenvalue weighted by Gasteiger charge is 1.95. The fourth-order valence-electron chi connectivity index (χ4n) is 1.26. The molecule has 0 saturated heterocycles. The molecule has 0 atom stereocenters. The Labute approximate surface area is 91.9 Å². The Morgan fingerprint density at radius 3 is 2.57 bits per heavy atom. The molecule has 0 unspecified atom stereocenters. The fourth-order valence-corrected chi connectivity index (χ4v) is 1.26. The molecule has 3 heteroatoms. The van der Waals surface area contributed by atoms with Gasteiger partial charge in [-0.3, -0.25) is 0 Å². The van der Waals surface area contributed by atoms with Gasteiger partial charge in [0, 0.05) is 6.54 Å². The SMILES string of the molecule is Cc1ccccc1CCOCCN.Cl. The minimum absolute atomic E-state index is 0. The van der Waals surface area contributed by atoms with Crippen LogP contribution in [0.1, 0.15) is 11.1 Å². The van der Waals surface area contributed by atoms with Crippen LogP contribution in [0.3, 0.4) is 0 Å². The van der Waals surface area contributed by atoms with Crippen molar-refractivity contribution >= 4 is 12.4 Å². The third kappa shape index (κ3) is 4.61. The number of halogens is 1. The Bertz CT molecular complexity index is 253. The molecule has 0 amide bonds. The van der Waals surface area contributed by atoms with Gasteiger partial charge in [0.1, 0.15) is 0 Å². The molecule has 0 bridgehead atoms. The number of aryl methyl sites for hydroxylation is 1. The Morgan fingerprint density at radius 2 is 1.93 bits per heavy atom. The quantitative estimate of drug-likeness (QED) is 0.762. The lowest BCUT2D eigenvalue weighted by Crippen LogP contribution is -2.10. The lowest BCUT2D eigenvalue weighted by atomic mass is 10.1. The molecule has 1 aromatic rings. The summed E-state index contributed by atoms with van der Waals surface area (Å²) < 4.78 is 5.32. The van der Waals surface area contributed by atoms with Gasteiger partial charge >= 0.3 is 0 Å². The molecule has 1 aromatic carbocycles. The normalized spacial score (nSPS) is 9.57. The third-order valence-corrected chi connectivity index (χ3v) is 2.04. The first-order valence-electron chi connectivity index (χ1n) is 4.67. The first-order valence-corrected chi connectivity index (χ1v) is 4.67. The molecule has 0 saturated carbocycles. The van der Waals surface area contributed by atoms with Gasteiger partial charge in [0.2, 0.25) is 0 Å². The van der Waals surface area contributed by atoms with Crippen LogP contribution in [0.2, 0.25) is 0 Å². The van der Waals surface area contributed by atoms with Gasteiger partial charge < -0.3 is 10.5 Å². The van der Waals surface area contributed by atoms with Crippen molar-refractivity contribution in [2.45, 2.75) is 13.3 Å². The molecule has 0 aliphatic carbocycles. The van der Waals surface area contributed by atoms with E-state index >= 15 is 0 Å².